The lowest BCUT2D eigenvalue weighted by Crippen LogP contribution is -2.26. The molecule has 0 saturated carbocycles. The number of aliphatic hydroxyl groups excluding tert-OH is 1. The molecule has 0 aromatic heterocycles. The highest BCUT2D eigenvalue weighted by molar-refractivity contribution is 5.97. The molecular formula is C19H19F2NO3. The second-order valence-electron chi connectivity index (χ2n) is 5.63. The van der Waals surface area contributed by atoms with E-state index in [1.54, 1.807) is 0 Å². The molecule has 4 nitrogen and oxygen atoms in total. The quantitative estimate of drug-likeness (QED) is 0.722. The summed E-state index contributed by atoms with van der Waals surface area (Å²) in [4.78, 5) is 23.6. The Morgan fingerprint density at radius 2 is 1.60 bits per heavy atom. The number of rotatable bonds is 8. The van der Waals surface area contributed by atoms with Crippen LogP contribution in [0.15, 0.2) is 42.5 Å². The fourth-order valence-corrected chi connectivity index (χ4v) is 2.29. The van der Waals surface area contributed by atoms with Gasteiger partial charge in [0.2, 0.25) is 5.91 Å². The van der Waals surface area contributed by atoms with Crippen molar-refractivity contribution < 1.29 is 23.5 Å². The Morgan fingerprint density at radius 3 is 2.24 bits per heavy atom. The molecule has 0 radical (unpaired) electrons. The summed E-state index contributed by atoms with van der Waals surface area (Å²) in [5.41, 5.74) is 1.90. The Labute approximate surface area is 144 Å². The van der Waals surface area contributed by atoms with Gasteiger partial charge in [0, 0.05) is 24.9 Å². The van der Waals surface area contributed by atoms with Gasteiger partial charge in [0.05, 0.1) is 6.61 Å². The molecule has 2 rings (SSSR count). The molecule has 0 heterocycles. The van der Waals surface area contributed by atoms with E-state index in [-0.39, 0.29) is 30.9 Å². The van der Waals surface area contributed by atoms with Crippen molar-refractivity contribution in [1.29, 1.82) is 0 Å². The molecule has 2 N–H and O–H groups in total. The molecule has 0 atom stereocenters. The maximum absolute atomic E-state index is 13.1. The Balaban J connectivity index is 1.72. The first-order valence-electron chi connectivity index (χ1n) is 7.93. The van der Waals surface area contributed by atoms with Gasteiger partial charge in [0.1, 0.15) is 0 Å². The zero-order chi connectivity index (χ0) is 18.2. The van der Waals surface area contributed by atoms with Gasteiger partial charge in [-0.25, -0.2) is 8.78 Å². The summed E-state index contributed by atoms with van der Waals surface area (Å²) in [6, 6.07) is 10.3. The molecule has 0 aliphatic carbocycles. The third kappa shape index (κ3) is 5.76. The number of amides is 1. The number of carbonyl (C=O) groups is 2. The molecule has 0 bridgehead atoms. The van der Waals surface area contributed by atoms with E-state index in [0.717, 1.165) is 23.3 Å². The van der Waals surface area contributed by atoms with E-state index in [2.05, 4.69) is 5.32 Å². The maximum Gasteiger partial charge on any atom is 0.220 e. The molecule has 25 heavy (non-hydrogen) atoms. The number of nitrogens with one attached hydrogen (secondary N) is 1. The SMILES string of the molecule is O=C(CCC(=O)c1ccc(F)c(F)c1)NCCc1ccc(CO)cc1. The zero-order valence-electron chi connectivity index (χ0n) is 13.6. The van der Waals surface area contributed by atoms with Gasteiger partial charge in [-0.3, -0.25) is 9.59 Å². The van der Waals surface area contributed by atoms with Gasteiger partial charge < -0.3 is 10.4 Å². The Bertz CT molecular complexity index is 745. The van der Waals surface area contributed by atoms with Gasteiger partial charge in [0.15, 0.2) is 17.4 Å². The second-order valence-corrected chi connectivity index (χ2v) is 5.63. The van der Waals surface area contributed by atoms with Gasteiger partial charge in [-0.15, -0.1) is 0 Å². The van der Waals surface area contributed by atoms with Crippen LogP contribution in [0.1, 0.15) is 34.3 Å². The zero-order valence-corrected chi connectivity index (χ0v) is 13.6. The van der Waals surface area contributed by atoms with Gasteiger partial charge in [-0.1, -0.05) is 24.3 Å². The van der Waals surface area contributed by atoms with Crippen molar-refractivity contribution in [1.82, 2.24) is 5.32 Å². The highest BCUT2D eigenvalue weighted by atomic mass is 19.2. The van der Waals surface area contributed by atoms with E-state index < -0.39 is 17.4 Å². The lowest BCUT2D eigenvalue weighted by Gasteiger charge is -2.06. The number of aliphatic hydroxyl groups is 1. The van der Waals surface area contributed by atoms with Crippen LogP contribution >= 0.6 is 0 Å². The topological polar surface area (TPSA) is 66.4 Å². The first kappa shape index (κ1) is 18.7. The van der Waals surface area contributed by atoms with Crippen LogP contribution in [-0.4, -0.2) is 23.3 Å². The maximum atomic E-state index is 13.1. The van der Waals surface area contributed by atoms with E-state index in [0.29, 0.717) is 13.0 Å². The van der Waals surface area contributed by atoms with Crippen molar-refractivity contribution >= 4 is 11.7 Å². The van der Waals surface area contributed by atoms with E-state index in [4.69, 9.17) is 5.11 Å². The van der Waals surface area contributed by atoms with E-state index in [1.807, 2.05) is 24.3 Å². The van der Waals surface area contributed by atoms with Gasteiger partial charge in [-0.05, 0) is 35.7 Å². The smallest absolute Gasteiger partial charge is 0.220 e. The molecule has 0 aliphatic heterocycles. The van der Waals surface area contributed by atoms with Crippen LogP contribution in [0.25, 0.3) is 0 Å². The summed E-state index contributed by atoms with van der Waals surface area (Å²) in [5, 5.41) is 11.7. The number of hydrogen-bond acceptors (Lipinski definition) is 3. The average Bonchev–Trinajstić information content (AvgIpc) is 2.62. The molecule has 0 saturated heterocycles. The van der Waals surface area contributed by atoms with Crippen LogP contribution in [-0.2, 0) is 17.8 Å². The summed E-state index contributed by atoms with van der Waals surface area (Å²) >= 11 is 0. The summed E-state index contributed by atoms with van der Waals surface area (Å²) in [7, 11) is 0. The monoisotopic (exact) mass is 347 g/mol. The average molecular weight is 347 g/mol. The molecule has 0 unspecified atom stereocenters. The molecule has 2 aromatic rings. The minimum Gasteiger partial charge on any atom is -0.392 e. The number of benzene rings is 2. The molecule has 0 aliphatic rings. The molecular weight excluding hydrogens is 328 g/mol. The minimum absolute atomic E-state index is 0.0109. The van der Waals surface area contributed by atoms with Crippen molar-refractivity contribution in [3.05, 3.63) is 70.8 Å². The summed E-state index contributed by atoms with van der Waals surface area (Å²) < 4.78 is 25.9. The molecule has 6 heteroatoms. The van der Waals surface area contributed by atoms with Gasteiger partial charge >= 0.3 is 0 Å². The number of ketones is 1. The number of halogens is 2. The second kappa shape index (κ2) is 9.03. The summed E-state index contributed by atoms with van der Waals surface area (Å²) in [6.07, 6.45) is 0.554. The fraction of sp³-hybridized carbons (Fsp3) is 0.263. The lowest BCUT2D eigenvalue weighted by molar-refractivity contribution is -0.121. The van der Waals surface area contributed by atoms with Crippen molar-refractivity contribution in [2.75, 3.05) is 6.54 Å². The Morgan fingerprint density at radius 1 is 0.920 bits per heavy atom. The van der Waals surface area contributed by atoms with Crippen LogP contribution in [0.4, 0.5) is 8.78 Å². The normalized spacial score (nSPS) is 10.5. The van der Waals surface area contributed by atoms with Crippen molar-refractivity contribution in [2.24, 2.45) is 0 Å². The Kier molecular flexibility index (Phi) is 6.77. The van der Waals surface area contributed by atoms with Crippen molar-refractivity contribution in [3.63, 3.8) is 0 Å². The first-order chi connectivity index (χ1) is 12.0. The standard InChI is InChI=1S/C19H19F2NO3/c20-16-6-5-15(11-17(16)21)18(24)7-8-19(25)22-10-9-13-1-3-14(12-23)4-2-13/h1-6,11,23H,7-10,12H2,(H,22,25). The predicted molar refractivity (Wildman–Crippen MR) is 89.0 cm³/mol. The summed E-state index contributed by atoms with van der Waals surface area (Å²) in [5.74, 6) is -2.78. The molecule has 1 amide bonds. The number of hydrogen-bond donors (Lipinski definition) is 2. The van der Waals surface area contributed by atoms with Crippen LogP contribution in [0.3, 0.4) is 0 Å². The van der Waals surface area contributed by atoms with Crippen molar-refractivity contribution in [3.8, 4) is 0 Å². The molecule has 0 fully saturated rings. The van der Waals surface area contributed by atoms with Crippen LogP contribution in [0, 0.1) is 11.6 Å². The van der Waals surface area contributed by atoms with Crippen molar-refractivity contribution in [2.45, 2.75) is 25.9 Å². The third-order valence-electron chi connectivity index (χ3n) is 3.76. The minimum atomic E-state index is -1.08. The largest absolute Gasteiger partial charge is 0.392 e. The number of Topliss-reactive ketones (excluding diaryl/α,β-unsaturated/α-hetero) is 1. The van der Waals surface area contributed by atoms with Crippen LogP contribution < -0.4 is 5.32 Å². The highest BCUT2D eigenvalue weighted by Gasteiger charge is 2.11. The lowest BCUT2D eigenvalue weighted by atomic mass is 10.1. The van der Waals surface area contributed by atoms with Gasteiger partial charge in [0.25, 0.3) is 0 Å². The highest BCUT2D eigenvalue weighted by Crippen LogP contribution is 2.11. The Hall–Kier alpha value is -2.60. The van der Waals surface area contributed by atoms with E-state index >= 15 is 0 Å². The molecule has 0 spiro atoms. The first-order valence-corrected chi connectivity index (χ1v) is 7.93. The van der Waals surface area contributed by atoms with Crippen LogP contribution in [0.5, 0.6) is 0 Å². The van der Waals surface area contributed by atoms with E-state index in [1.165, 1.54) is 6.07 Å². The van der Waals surface area contributed by atoms with E-state index in [9.17, 15) is 18.4 Å². The third-order valence-corrected chi connectivity index (χ3v) is 3.76. The van der Waals surface area contributed by atoms with Gasteiger partial charge in [-0.2, -0.15) is 0 Å². The molecule has 132 valence electrons. The molecule has 2 aromatic carbocycles. The number of carbonyl (C=O) groups excluding carboxylic acids is 2. The fourth-order valence-electron chi connectivity index (χ4n) is 2.29. The summed E-state index contributed by atoms with van der Waals surface area (Å²) in [6.45, 7) is 0.416. The van der Waals surface area contributed by atoms with Crippen LogP contribution in [0.2, 0.25) is 0 Å². The predicted octanol–water partition coefficient (Wildman–Crippen LogP) is 2.78.